The van der Waals surface area contributed by atoms with Gasteiger partial charge in [0.1, 0.15) is 5.75 Å². The van der Waals surface area contributed by atoms with Crippen LogP contribution in [0.4, 0.5) is 0 Å². The van der Waals surface area contributed by atoms with Gasteiger partial charge in [-0.2, -0.15) is 4.68 Å². The Balaban J connectivity index is 0.00000225. The van der Waals surface area contributed by atoms with Crippen LogP contribution in [0.1, 0.15) is 26.3 Å². The summed E-state index contributed by atoms with van der Waals surface area (Å²) in [4.78, 5) is 0. The Labute approximate surface area is 153 Å². The van der Waals surface area contributed by atoms with Crippen LogP contribution in [0.2, 0.25) is 0 Å². The van der Waals surface area contributed by atoms with E-state index in [1.165, 1.54) is 5.56 Å². The predicted molar refractivity (Wildman–Crippen MR) is 99.5 cm³/mol. The number of nitrogens with one attached hydrogen (secondary N) is 1. The summed E-state index contributed by atoms with van der Waals surface area (Å²) < 4.78 is 7.38. The average molecular weight is 360 g/mol. The second kappa shape index (κ2) is 8.09. The highest BCUT2D eigenvalue weighted by atomic mass is 35.5. The van der Waals surface area contributed by atoms with E-state index in [9.17, 15) is 0 Å². The Morgan fingerprint density at radius 2 is 1.68 bits per heavy atom. The highest BCUT2D eigenvalue weighted by molar-refractivity contribution is 5.85. The lowest BCUT2D eigenvalue weighted by Crippen LogP contribution is -2.34. The first-order valence-corrected chi connectivity index (χ1v) is 7.87. The molecule has 0 aliphatic rings. The van der Waals surface area contributed by atoms with Gasteiger partial charge in [0.2, 0.25) is 0 Å². The van der Waals surface area contributed by atoms with Crippen molar-refractivity contribution in [1.29, 1.82) is 0 Å². The van der Waals surface area contributed by atoms with Crippen LogP contribution in [-0.2, 0) is 6.54 Å². The maximum atomic E-state index is 5.81. The minimum atomic E-state index is 0. The number of para-hydroxylation sites is 1. The largest absolute Gasteiger partial charge is 0.423 e. The molecule has 2 aromatic carbocycles. The average Bonchev–Trinajstić information content (AvgIpc) is 3.02. The van der Waals surface area contributed by atoms with Gasteiger partial charge in [-0.15, -0.1) is 12.4 Å². The van der Waals surface area contributed by atoms with Gasteiger partial charge in [0.15, 0.2) is 0 Å². The molecule has 0 atom stereocenters. The molecule has 0 amide bonds. The molecule has 0 radical (unpaired) electrons. The summed E-state index contributed by atoms with van der Waals surface area (Å²) in [5, 5.41) is 15.1. The van der Waals surface area contributed by atoms with Crippen molar-refractivity contribution >= 4 is 12.4 Å². The highest BCUT2D eigenvalue weighted by Crippen LogP contribution is 2.21. The fourth-order valence-corrected chi connectivity index (χ4v) is 2.12. The van der Waals surface area contributed by atoms with Crippen molar-refractivity contribution in [2.75, 3.05) is 0 Å². The van der Waals surface area contributed by atoms with Crippen molar-refractivity contribution in [3.63, 3.8) is 0 Å². The van der Waals surface area contributed by atoms with Gasteiger partial charge in [-0.25, -0.2) is 0 Å². The van der Waals surface area contributed by atoms with E-state index >= 15 is 0 Å². The summed E-state index contributed by atoms with van der Waals surface area (Å²) in [5.74, 6) is 0.696. The van der Waals surface area contributed by atoms with E-state index in [2.05, 4.69) is 41.6 Å². The molecule has 0 spiro atoms. The molecule has 3 aromatic rings. The van der Waals surface area contributed by atoms with Crippen LogP contribution < -0.4 is 10.1 Å². The molecule has 0 fully saturated rings. The first-order valence-electron chi connectivity index (χ1n) is 7.87. The van der Waals surface area contributed by atoms with Crippen LogP contribution in [0.25, 0.3) is 5.69 Å². The molecule has 1 aromatic heterocycles. The summed E-state index contributed by atoms with van der Waals surface area (Å²) >= 11 is 0. The molecule has 0 aliphatic heterocycles. The van der Waals surface area contributed by atoms with E-state index in [1.54, 1.807) is 4.68 Å². The number of benzene rings is 2. The highest BCUT2D eigenvalue weighted by Gasteiger charge is 2.11. The first kappa shape index (κ1) is 18.9. The Bertz CT molecular complexity index is 781. The Morgan fingerprint density at radius 1 is 1.00 bits per heavy atom. The zero-order valence-electron chi connectivity index (χ0n) is 14.5. The lowest BCUT2D eigenvalue weighted by Gasteiger charge is -2.20. The molecule has 6 nitrogen and oxygen atoms in total. The van der Waals surface area contributed by atoms with E-state index in [-0.39, 0.29) is 17.9 Å². The normalized spacial score (nSPS) is 11.0. The fourth-order valence-electron chi connectivity index (χ4n) is 2.12. The van der Waals surface area contributed by atoms with Gasteiger partial charge in [-0.05, 0) is 61.0 Å². The Kier molecular flexibility index (Phi) is 6.12. The molecule has 25 heavy (non-hydrogen) atoms. The standard InChI is InChI=1S/C18H21N5O.ClH/c1-18(2,3)19-13-14-9-11-16(12-10-14)24-17-20-21-22-23(17)15-7-5-4-6-8-15;/h4-12,19H,13H2,1-3H3;1H. The molecule has 0 aliphatic carbocycles. The number of tetrazole rings is 1. The minimum absolute atomic E-state index is 0. The van der Waals surface area contributed by atoms with Gasteiger partial charge < -0.3 is 10.1 Å². The van der Waals surface area contributed by atoms with E-state index in [1.807, 2.05) is 54.6 Å². The van der Waals surface area contributed by atoms with Crippen molar-refractivity contribution < 1.29 is 4.74 Å². The number of aromatic nitrogens is 4. The Morgan fingerprint density at radius 3 is 2.32 bits per heavy atom. The van der Waals surface area contributed by atoms with Crippen LogP contribution in [0, 0.1) is 0 Å². The monoisotopic (exact) mass is 359 g/mol. The number of nitrogens with zero attached hydrogens (tertiary/aromatic N) is 4. The quantitative estimate of drug-likeness (QED) is 0.751. The summed E-state index contributed by atoms with van der Waals surface area (Å²) in [5.41, 5.74) is 2.14. The van der Waals surface area contributed by atoms with E-state index in [0.717, 1.165) is 12.2 Å². The topological polar surface area (TPSA) is 64.9 Å². The number of rotatable bonds is 5. The summed E-state index contributed by atoms with van der Waals surface area (Å²) in [6.45, 7) is 7.25. The summed E-state index contributed by atoms with van der Waals surface area (Å²) in [7, 11) is 0. The molecule has 0 unspecified atom stereocenters. The van der Waals surface area contributed by atoms with Crippen molar-refractivity contribution in [1.82, 2.24) is 25.5 Å². The Hall–Kier alpha value is -2.44. The maximum absolute atomic E-state index is 5.81. The third kappa shape index (κ3) is 5.27. The molecule has 3 rings (SSSR count). The molecular formula is C18H22ClN5O. The fraction of sp³-hybridized carbons (Fsp3) is 0.278. The number of ether oxygens (including phenoxy) is 1. The SMILES string of the molecule is CC(C)(C)NCc1ccc(Oc2nnnn2-c2ccccc2)cc1.Cl. The van der Waals surface area contributed by atoms with E-state index in [0.29, 0.717) is 11.8 Å². The zero-order chi connectivity index (χ0) is 17.0. The van der Waals surface area contributed by atoms with Crippen LogP contribution in [0.5, 0.6) is 11.8 Å². The van der Waals surface area contributed by atoms with Gasteiger partial charge in [0, 0.05) is 12.1 Å². The third-order valence-corrected chi connectivity index (χ3v) is 3.40. The molecular weight excluding hydrogens is 338 g/mol. The van der Waals surface area contributed by atoms with Crippen LogP contribution >= 0.6 is 12.4 Å². The number of hydrogen-bond acceptors (Lipinski definition) is 5. The second-order valence-corrected chi connectivity index (χ2v) is 6.56. The molecule has 7 heteroatoms. The van der Waals surface area contributed by atoms with Gasteiger partial charge in [-0.1, -0.05) is 35.4 Å². The predicted octanol–water partition coefficient (Wildman–Crippen LogP) is 3.76. The molecule has 132 valence electrons. The van der Waals surface area contributed by atoms with Crippen molar-refractivity contribution in [3.8, 4) is 17.4 Å². The molecule has 1 N–H and O–H groups in total. The van der Waals surface area contributed by atoms with Crippen molar-refractivity contribution in [2.24, 2.45) is 0 Å². The van der Waals surface area contributed by atoms with Gasteiger partial charge >= 0.3 is 6.01 Å². The molecule has 0 bridgehead atoms. The second-order valence-electron chi connectivity index (χ2n) is 6.56. The van der Waals surface area contributed by atoms with Crippen LogP contribution in [-0.4, -0.2) is 25.7 Å². The summed E-state index contributed by atoms with van der Waals surface area (Å²) in [6.07, 6.45) is 0. The zero-order valence-corrected chi connectivity index (χ0v) is 15.3. The van der Waals surface area contributed by atoms with Gasteiger partial charge in [0.05, 0.1) is 5.69 Å². The van der Waals surface area contributed by atoms with Crippen LogP contribution in [0.3, 0.4) is 0 Å². The maximum Gasteiger partial charge on any atom is 0.345 e. The molecule has 1 heterocycles. The van der Waals surface area contributed by atoms with Gasteiger partial charge in [0.25, 0.3) is 0 Å². The lowest BCUT2D eigenvalue weighted by atomic mass is 10.1. The molecule has 0 saturated heterocycles. The first-order chi connectivity index (χ1) is 11.5. The third-order valence-electron chi connectivity index (χ3n) is 3.40. The van der Waals surface area contributed by atoms with E-state index in [4.69, 9.17) is 4.74 Å². The number of hydrogen-bond donors (Lipinski definition) is 1. The summed E-state index contributed by atoms with van der Waals surface area (Å²) in [6, 6.07) is 17.9. The minimum Gasteiger partial charge on any atom is -0.423 e. The van der Waals surface area contributed by atoms with Crippen molar-refractivity contribution in [2.45, 2.75) is 32.9 Å². The number of halogens is 1. The van der Waals surface area contributed by atoms with E-state index < -0.39 is 0 Å². The lowest BCUT2D eigenvalue weighted by molar-refractivity contribution is 0.421. The molecule has 0 saturated carbocycles. The van der Waals surface area contributed by atoms with Crippen LogP contribution in [0.15, 0.2) is 54.6 Å². The van der Waals surface area contributed by atoms with Gasteiger partial charge in [-0.3, -0.25) is 0 Å². The smallest absolute Gasteiger partial charge is 0.345 e. The van der Waals surface area contributed by atoms with Crippen molar-refractivity contribution in [3.05, 3.63) is 60.2 Å².